The molecule has 0 amide bonds. The van der Waals surface area contributed by atoms with Crippen molar-refractivity contribution in [2.24, 2.45) is 0 Å². The largest absolute Gasteiger partial charge is 0.464 e. The van der Waals surface area contributed by atoms with E-state index in [1.807, 2.05) is 0 Å². The van der Waals surface area contributed by atoms with Gasteiger partial charge in [0.05, 0.1) is 6.61 Å². The monoisotopic (exact) mass is 385 g/mol. The molecule has 0 heterocycles. The van der Waals surface area contributed by atoms with Gasteiger partial charge in [-0.2, -0.15) is 0 Å². The van der Waals surface area contributed by atoms with E-state index in [4.69, 9.17) is 9.84 Å². The first-order chi connectivity index (χ1) is 12.0. The van der Waals surface area contributed by atoms with Crippen LogP contribution in [0.4, 0.5) is 0 Å². The number of aldehydes is 1. The van der Waals surface area contributed by atoms with Gasteiger partial charge in [0.1, 0.15) is 18.3 Å². The fraction of sp³-hybridized carbons (Fsp3) is 0.889. The van der Waals surface area contributed by atoms with Crippen LogP contribution in [-0.2, 0) is 14.3 Å². The summed E-state index contributed by atoms with van der Waals surface area (Å²) in [6, 6.07) is 0. The Kier molecular flexibility index (Phi) is 19.9. The minimum Gasteiger partial charge on any atom is -0.464 e. The van der Waals surface area contributed by atoms with Crippen LogP contribution in [0, 0.1) is 0 Å². The number of rotatable bonds is 16. The molecular formula is C18H34NaO7. The molecule has 0 aromatic carbocycles. The number of aliphatic hydroxyl groups is 4. The smallest absolute Gasteiger partial charge is 0.337 e. The van der Waals surface area contributed by atoms with Gasteiger partial charge in [-0.25, -0.2) is 4.79 Å². The number of hydrogen-bond donors (Lipinski definition) is 4. The van der Waals surface area contributed by atoms with Crippen LogP contribution < -0.4 is 0 Å². The average molecular weight is 385 g/mol. The fourth-order valence-corrected chi connectivity index (χ4v) is 2.46. The van der Waals surface area contributed by atoms with Crippen molar-refractivity contribution in [1.29, 1.82) is 0 Å². The fourth-order valence-electron chi connectivity index (χ4n) is 2.46. The van der Waals surface area contributed by atoms with E-state index in [0.29, 0.717) is 6.42 Å². The SMILES string of the molecule is CCCCCCCCCCCCOC(=O)[C@@H](O)[C@H](O)[C@H](O)[C@@H](O)C=O.[Na]. The summed E-state index contributed by atoms with van der Waals surface area (Å²) >= 11 is 0. The molecule has 0 aliphatic rings. The Bertz CT molecular complexity index is 354. The second kappa shape index (κ2) is 18.3. The van der Waals surface area contributed by atoms with Crippen LogP contribution in [0.1, 0.15) is 71.1 Å². The summed E-state index contributed by atoms with van der Waals surface area (Å²) in [6.45, 7) is 2.31. The molecule has 0 aromatic rings. The van der Waals surface area contributed by atoms with Crippen LogP contribution in [0.5, 0.6) is 0 Å². The van der Waals surface area contributed by atoms with Crippen molar-refractivity contribution in [3.63, 3.8) is 0 Å². The standard InChI is InChI=1S/C18H34O7.Na/c1-2-3-4-5-6-7-8-9-10-11-12-25-18(24)17(23)16(22)15(21)14(20)13-19;/h13-17,20-23H,2-12H2,1H3;/t14-,15+,16+,17-;/m0./s1. The Labute approximate surface area is 178 Å². The zero-order chi connectivity index (χ0) is 19.1. The predicted octanol–water partition coefficient (Wildman–Crippen LogP) is 0.712. The van der Waals surface area contributed by atoms with E-state index < -0.39 is 30.4 Å². The molecule has 0 aliphatic heterocycles. The average Bonchev–Trinajstić information content (AvgIpc) is 2.63. The minimum absolute atomic E-state index is 0. The zero-order valence-corrected chi connectivity index (χ0v) is 18.2. The van der Waals surface area contributed by atoms with Crippen molar-refractivity contribution in [2.45, 2.75) is 95.5 Å². The van der Waals surface area contributed by atoms with Crippen molar-refractivity contribution in [2.75, 3.05) is 6.61 Å². The summed E-state index contributed by atoms with van der Waals surface area (Å²) in [7, 11) is 0. The van der Waals surface area contributed by atoms with E-state index in [0.717, 1.165) is 19.3 Å². The number of aliphatic hydroxyl groups excluding tert-OH is 4. The molecule has 0 spiro atoms. The van der Waals surface area contributed by atoms with E-state index in [1.165, 1.54) is 38.5 Å². The minimum atomic E-state index is -2.01. The first-order valence-corrected chi connectivity index (χ1v) is 9.29. The summed E-state index contributed by atoms with van der Waals surface area (Å²) in [4.78, 5) is 21.9. The number of unbranched alkanes of at least 4 members (excludes halogenated alkanes) is 9. The third-order valence-electron chi connectivity index (χ3n) is 4.15. The molecule has 4 N–H and O–H groups in total. The Hall–Kier alpha value is -0.0200. The number of carbonyl (C=O) groups is 2. The molecule has 1 radical (unpaired) electrons. The first-order valence-electron chi connectivity index (χ1n) is 9.29. The molecule has 4 atom stereocenters. The van der Waals surface area contributed by atoms with Crippen molar-refractivity contribution in [1.82, 2.24) is 0 Å². The van der Waals surface area contributed by atoms with Gasteiger partial charge in [0.25, 0.3) is 0 Å². The van der Waals surface area contributed by atoms with Gasteiger partial charge in [0.15, 0.2) is 12.4 Å². The van der Waals surface area contributed by atoms with Gasteiger partial charge in [-0.1, -0.05) is 64.7 Å². The molecule has 0 unspecified atom stereocenters. The summed E-state index contributed by atoms with van der Waals surface area (Å²) in [5.41, 5.74) is 0. The molecule has 0 saturated heterocycles. The van der Waals surface area contributed by atoms with E-state index in [2.05, 4.69) is 6.92 Å². The topological polar surface area (TPSA) is 124 Å². The zero-order valence-electron chi connectivity index (χ0n) is 16.2. The molecular weight excluding hydrogens is 351 g/mol. The summed E-state index contributed by atoms with van der Waals surface area (Å²) in [5.74, 6) is -1.08. The summed E-state index contributed by atoms with van der Waals surface area (Å²) < 4.78 is 4.83. The van der Waals surface area contributed by atoms with Crippen LogP contribution in [0.15, 0.2) is 0 Å². The first kappa shape index (κ1) is 28.2. The number of carbonyl (C=O) groups excluding carboxylic acids is 2. The maximum absolute atomic E-state index is 11.5. The molecule has 7 nitrogen and oxygen atoms in total. The Morgan fingerprint density at radius 3 is 1.77 bits per heavy atom. The quantitative estimate of drug-likeness (QED) is 0.133. The molecule has 0 bridgehead atoms. The molecule has 0 aliphatic carbocycles. The van der Waals surface area contributed by atoms with E-state index >= 15 is 0 Å². The third kappa shape index (κ3) is 13.2. The molecule has 149 valence electrons. The van der Waals surface area contributed by atoms with Crippen LogP contribution in [0.2, 0.25) is 0 Å². The summed E-state index contributed by atoms with van der Waals surface area (Å²) in [5, 5.41) is 37.5. The molecule has 26 heavy (non-hydrogen) atoms. The van der Waals surface area contributed by atoms with Crippen molar-refractivity contribution in [3.8, 4) is 0 Å². The van der Waals surface area contributed by atoms with Crippen LogP contribution in [-0.4, -0.2) is 93.3 Å². The second-order valence-corrected chi connectivity index (χ2v) is 6.40. The number of ether oxygens (including phenoxy) is 1. The van der Waals surface area contributed by atoms with Crippen molar-refractivity contribution >= 4 is 41.8 Å². The Balaban J connectivity index is 0. The Morgan fingerprint density at radius 2 is 1.31 bits per heavy atom. The third-order valence-corrected chi connectivity index (χ3v) is 4.15. The molecule has 8 heteroatoms. The van der Waals surface area contributed by atoms with Gasteiger partial charge in [0, 0.05) is 29.6 Å². The van der Waals surface area contributed by atoms with Gasteiger partial charge in [-0.05, 0) is 6.42 Å². The second-order valence-electron chi connectivity index (χ2n) is 6.40. The summed E-state index contributed by atoms with van der Waals surface area (Å²) in [6.07, 6.45) is 3.59. The van der Waals surface area contributed by atoms with Crippen LogP contribution in [0.25, 0.3) is 0 Å². The molecule has 0 saturated carbocycles. The number of hydrogen-bond acceptors (Lipinski definition) is 7. The molecule has 0 aromatic heterocycles. The number of esters is 1. The van der Waals surface area contributed by atoms with E-state index in [9.17, 15) is 24.9 Å². The molecule has 0 fully saturated rings. The maximum Gasteiger partial charge on any atom is 0.337 e. The van der Waals surface area contributed by atoms with E-state index in [-0.39, 0.29) is 42.5 Å². The normalized spacial score (nSPS) is 15.4. The maximum atomic E-state index is 11.5. The van der Waals surface area contributed by atoms with Crippen molar-refractivity contribution < 1.29 is 34.8 Å². The van der Waals surface area contributed by atoms with Gasteiger partial charge in [0.2, 0.25) is 0 Å². The predicted molar refractivity (Wildman–Crippen MR) is 98.6 cm³/mol. The van der Waals surface area contributed by atoms with Crippen LogP contribution in [0.3, 0.4) is 0 Å². The molecule has 0 rings (SSSR count). The van der Waals surface area contributed by atoms with E-state index in [1.54, 1.807) is 0 Å². The van der Waals surface area contributed by atoms with Gasteiger partial charge < -0.3 is 30.0 Å². The Morgan fingerprint density at radius 1 is 0.846 bits per heavy atom. The van der Waals surface area contributed by atoms with Gasteiger partial charge in [-0.15, -0.1) is 0 Å². The van der Waals surface area contributed by atoms with Gasteiger partial charge in [-0.3, -0.25) is 0 Å². The van der Waals surface area contributed by atoms with Crippen LogP contribution >= 0.6 is 0 Å². The van der Waals surface area contributed by atoms with Crippen molar-refractivity contribution in [3.05, 3.63) is 0 Å². The van der Waals surface area contributed by atoms with Gasteiger partial charge >= 0.3 is 5.97 Å².